The van der Waals surface area contributed by atoms with Crippen molar-refractivity contribution in [2.24, 2.45) is 0 Å². The van der Waals surface area contributed by atoms with Crippen LogP contribution in [0.1, 0.15) is 25.8 Å². The smallest absolute Gasteiger partial charge is 0.244 e. The number of aryl methyl sites for hydroxylation is 1. The average Bonchev–Trinajstić information content (AvgIpc) is 3.55. The van der Waals surface area contributed by atoms with Crippen LogP contribution in [0.4, 0.5) is 0 Å². The molecule has 0 saturated heterocycles. The van der Waals surface area contributed by atoms with Gasteiger partial charge >= 0.3 is 0 Å². The van der Waals surface area contributed by atoms with Crippen LogP contribution in [0.15, 0.2) is 65.8 Å². The third kappa shape index (κ3) is 5.54. The highest BCUT2D eigenvalue weighted by molar-refractivity contribution is 6.00. The Balaban J connectivity index is 1.59. The van der Waals surface area contributed by atoms with Crippen LogP contribution >= 0.6 is 0 Å². The molecular formula is C28H31N3O5. The van der Waals surface area contributed by atoms with E-state index in [-0.39, 0.29) is 5.91 Å². The number of carbonyl (C=O) groups excluding carboxylic acids is 1. The number of imidazole rings is 1. The molecule has 36 heavy (non-hydrogen) atoms. The van der Waals surface area contributed by atoms with Crippen molar-refractivity contribution in [2.45, 2.75) is 26.8 Å². The van der Waals surface area contributed by atoms with E-state index in [1.54, 1.807) is 39.1 Å². The molecule has 2 aromatic carbocycles. The lowest BCUT2D eigenvalue weighted by atomic mass is 9.99. The Hall–Kier alpha value is -4.20. The number of benzene rings is 2. The van der Waals surface area contributed by atoms with Crippen LogP contribution in [0.2, 0.25) is 0 Å². The van der Waals surface area contributed by atoms with Gasteiger partial charge in [0.1, 0.15) is 11.3 Å². The minimum atomic E-state index is -0.145. The van der Waals surface area contributed by atoms with Crippen LogP contribution in [0.3, 0.4) is 0 Å². The molecule has 0 fully saturated rings. The highest BCUT2D eigenvalue weighted by Gasteiger charge is 2.16. The molecule has 0 aliphatic carbocycles. The number of hydrogen-bond donors (Lipinski definition) is 1. The van der Waals surface area contributed by atoms with Gasteiger partial charge in [0.15, 0.2) is 11.5 Å². The van der Waals surface area contributed by atoms with Gasteiger partial charge < -0.3 is 28.5 Å². The quantitative estimate of drug-likeness (QED) is 0.227. The molecule has 0 unspecified atom stereocenters. The molecule has 2 aromatic heterocycles. The lowest BCUT2D eigenvalue weighted by molar-refractivity contribution is -0.116. The zero-order valence-electron chi connectivity index (χ0n) is 21.0. The zero-order chi connectivity index (χ0) is 25.5. The normalized spacial score (nSPS) is 11.5. The van der Waals surface area contributed by atoms with Crippen molar-refractivity contribution < 1.29 is 23.4 Å². The minimum Gasteiger partial charge on any atom is -0.493 e. The molecular weight excluding hydrogens is 458 g/mol. The fraction of sp³-hybridized carbons (Fsp3) is 0.286. The van der Waals surface area contributed by atoms with Crippen molar-refractivity contribution in [3.63, 3.8) is 0 Å². The molecule has 2 heterocycles. The maximum Gasteiger partial charge on any atom is 0.244 e. The number of methoxy groups -OCH3 is 2. The van der Waals surface area contributed by atoms with Crippen LogP contribution in [-0.2, 0) is 11.3 Å². The second-order valence-electron chi connectivity index (χ2n) is 8.27. The second kappa shape index (κ2) is 11.5. The molecule has 0 radical (unpaired) electrons. The van der Waals surface area contributed by atoms with Gasteiger partial charge in [0.25, 0.3) is 0 Å². The van der Waals surface area contributed by atoms with E-state index in [1.807, 2.05) is 54.9 Å². The van der Waals surface area contributed by atoms with E-state index in [0.29, 0.717) is 36.0 Å². The average molecular weight is 490 g/mol. The summed E-state index contributed by atoms with van der Waals surface area (Å²) in [6, 6.07) is 9.62. The van der Waals surface area contributed by atoms with Gasteiger partial charge in [0.05, 0.1) is 33.4 Å². The predicted molar refractivity (Wildman–Crippen MR) is 139 cm³/mol. The summed E-state index contributed by atoms with van der Waals surface area (Å²) in [5.74, 6) is 1.81. The first-order chi connectivity index (χ1) is 17.5. The standard InChI is InChI=1S/C28H31N3O5/c1-5-35-25-16-26-22(23(17-36-26)20-7-8-24(33-3)27(14-20)34-4)15-21(25)19(2)13-28(32)30-9-6-11-31-12-10-29-18-31/h7-8,10,12-18H,5-6,9,11H2,1-4H3,(H,30,32)/b19-13+. The van der Waals surface area contributed by atoms with E-state index >= 15 is 0 Å². The first kappa shape index (κ1) is 24.9. The zero-order valence-corrected chi connectivity index (χ0v) is 21.0. The number of furan rings is 1. The van der Waals surface area contributed by atoms with Crippen molar-refractivity contribution in [2.75, 3.05) is 27.4 Å². The first-order valence-electron chi connectivity index (χ1n) is 11.9. The third-order valence-electron chi connectivity index (χ3n) is 5.89. The van der Waals surface area contributed by atoms with E-state index < -0.39 is 0 Å². The second-order valence-corrected chi connectivity index (χ2v) is 8.27. The molecule has 188 valence electrons. The molecule has 1 amide bonds. The Morgan fingerprint density at radius 2 is 1.97 bits per heavy atom. The highest BCUT2D eigenvalue weighted by Crippen LogP contribution is 2.40. The fourth-order valence-electron chi connectivity index (χ4n) is 4.08. The maximum atomic E-state index is 12.6. The molecule has 4 aromatic rings. The summed E-state index contributed by atoms with van der Waals surface area (Å²) >= 11 is 0. The minimum absolute atomic E-state index is 0.145. The molecule has 0 bridgehead atoms. The molecule has 0 spiro atoms. The number of ether oxygens (including phenoxy) is 3. The summed E-state index contributed by atoms with van der Waals surface area (Å²) < 4.78 is 24.6. The lowest BCUT2D eigenvalue weighted by Crippen LogP contribution is -2.23. The largest absolute Gasteiger partial charge is 0.493 e. The van der Waals surface area contributed by atoms with Gasteiger partial charge in [0.2, 0.25) is 5.91 Å². The van der Waals surface area contributed by atoms with Gasteiger partial charge in [-0.1, -0.05) is 6.07 Å². The van der Waals surface area contributed by atoms with Gasteiger partial charge in [0, 0.05) is 54.1 Å². The van der Waals surface area contributed by atoms with Crippen LogP contribution in [-0.4, -0.2) is 42.8 Å². The molecule has 8 heteroatoms. The summed E-state index contributed by atoms with van der Waals surface area (Å²) in [6.45, 7) is 5.70. The topological polar surface area (TPSA) is 87.7 Å². The van der Waals surface area contributed by atoms with Crippen LogP contribution in [0.5, 0.6) is 17.2 Å². The Morgan fingerprint density at radius 3 is 2.69 bits per heavy atom. The third-order valence-corrected chi connectivity index (χ3v) is 5.89. The molecule has 0 aliphatic heterocycles. The molecule has 1 N–H and O–H groups in total. The Labute approximate surface area is 210 Å². The number of fused-ring (bicyclic) bond motifs is 1. The Morgan fingerprint density at radius 1 is 1.14 bits per heavy atom. The van der Waals surface area contributed by atoms with Gasteiger partial charge in [-0.3, -0.25) is 4.79 Å². The summed E-state index contributed by atoms with van der Waals surface area (Å²) in [4.78, 5) is 16.6. The Kier molecular flexibility index (Phi) is 7.95. The van der Waals surface area contributed by atoms with Crippen molar-refractivity contribution >= 4 is 22.4 Å². The number of rotatable bonds is 11. The summed E-state index contributed by atoms with van der Waals surface area (Å²) in [7, 11) is 3.22. The summed E-state index contributed by atoms with van der Waals surface area (Å²) in [6.07, 6.45) is 9.56. The number of allylic oxidation sites excluding steroid dienone is 1. The van der Waals surface area contributed by atoms with Crippen molar-refractivity contribution in [1.82, 2.24) is 14.9 Å². The van der Waals surface area contributed by atoms with Crippen LogP contribution in [0.25, 0.3) is 27.7 Å². The molecule has 8 nitrogen and oxygen atoms in total. The molecule has 4 rings (SSSR count). The molecule has 0 aliphatic rings. The number of amides is 1. The monoisotopic (exact) mass is 489 g/mol. The highest BCUT2D eigenvalue weighted by atomic mass is 16.5. The van der Waals surface area contributed by atoms with Crippen molar-refractivity contribution in [1.29, 1.82) is 0 Å². The number of nitrogens with zero attached hydrogens (tertiary/aromatic N) is 2. The number of nitrogens with one attached hydrogen (secondary N) is 1. The van der Waals surface area contributed by atoms with E-state index in [9.17, 15) is 4.79 Å². The van der Waals surface area contributed by atoms with Gasteiger partial charge in [-0.2, -0.15) is 0 Å². The van der Waals surface area contributed by atoms with Gasteiger partial charge in [-0.15, -0.1) is 0 Å². The van der Waals surface area contributed by atoms with Crippen LogP contribution < -0.4 is 19.5 Å². The lowest BCUT2D eigenvalue weighted by Gasteiger charge is -2.12. The van der Waals surface area contributed by atoms with E-state index in [2.05, 4.69) is 10.3 Å². The SMILES string of the molecule is CCOc1cc2occ(-c3ccc(OC)c(OC)c3)c2cc1/C(C)=C/C(=O)NCCCn1ccnc1. The fourth-order valence-corrected chi connectivity index (χ4v) is 4.08. The summed E-state index contributed by atoms with van der Waals surface area (Å²) in [5.41, 5.74) is 4.17. The molecule has 0 saturated carbocycles. The number of carbonyl (C=O) groups is 1. The van der Waals surface area contributed by atoms with Crippen LogP contribution in [0, 0.1) is 0 Å². The number of aromatic nitrogens is 2. The van der Waals surface area contributed by atoms with E-state index in [1.165, 1.54) is 0 Å². The van der Waals surface area contributed by atoms with Crippen molar-refractivity contribution in [3.8, 4) is 28.4 Å². The number of hydrogen-bond acceptors (Lipinski definition) is 6. The maximum absolute atomic E-state index is 12.6. The van der Waals surface area contributed by atoms with Gasteiger partial charge in [-0.25, -0.2) is 4.98 Å². The molecule has 0 atom stereocenters. The van der Waals surface area contributed by atoms with Crippen molar-refractivity contribution in [3.05, 3.63) is 67.0 Å². The van der Waals surface area contributed by atoms with E-state index in [4.69, 9.17) is 18.6 Å². The van der Waals surface area contributed by atoms with Gasteiger partial charge in [-0.05, 0) is 49.6 Å². The summed E-state index contributed by atoms with van der Waals surface area (Å²) in [5, 5.41) is 3.87. The van der Waals surface area contributed by atoms with E-state index in [0.717, 1.165) is 40.6 Å². The Bertz CT molecular complexity index is 1360. The first-order valence-corrected chi connectivity index (χ1v) is 11.9. The predicted octanol–water partition coefficient (Wildman–Crippen LogP) is 5.32.